The van der Waals surface area contributed by atoms with Crippen LogP contribution in [0, 0.1) is 5.92 Å². The van der Waals surface area contributed by atoms with Crippen LogP contribution in [0.2, 0.25) is 0 Å². The minimum absolute atomic E-state index is 0.0681. The van der Waals surface area contributed by atoms with Crippen LogP contribution in [-0.2, 0) is 11.2 Å². The lowest BCUT2D eigenvalue weighted by atomic mass is 9.92. The number of H-pyrrole nitrogens is 1. The van der Waals surface area contributed by atoms with Gasteiger partial charge in [-0.25, -0.2) is 9.97 Å². The number of anilines is 1. The molecule has 9 nitrogen and oxygen atoms in total. The van der Waals surface area contributed by atoms with Crippen LogP contribution >= 0.6 is 11.5 Å². The molecule has 1 amide bonds. The highest BCUT2D eigenvalue weighted by Crippen LogP contribution is 2.29. The molecule has 28 heavy (non-hydrogen) atoms. The number of ether oxygens (including phenoxy) is 1. The zero-order valence-corrected chi connectivity index (χ0v) is 16.9. The van der Waals surface area contributed by atoms with E-state index >= 15 is 0 Å². The molecule has 1 aliphatic rings. The van der Waals surface area contributed by atoms with Crippen molar-refractivity contribution in [2.24, 2.45) is 5.92 Å². The predicted octanol–water partition coefficient (Wildman–Crippen LogP) is 1.73. The molecule has 1 saturated heterocycles. The van der Waals surface area contributed by atoms with E-state index in [0.717, 1.165) is 29.8 Å². The Kier molecular flexibility index (Phi) is 5.12. The standard InChI is InChI=1S/C18H23N7O2S/c1-11-5-7-25(15(26)8-14-22-18(27-3)23-28-14)9-13(11)24(2)17-12-4-6-19-16(12)20-10-21-17/h4,6,10-11,13H,5,7-9H2,1-3H3,(H,19,20,21)/t11-,13+/m1/s1. The number of hydrogen-bond acceptors (Lipinski definition) is 8. The van der Waals surface area contributed by atoms with Crippen molar-refractivity contribution in [3.63, 3.8) is 0 Å². The average molecular weight is 401 g/mol. The van der Waals surface area contributed by atoms with Crippen LogP contribution in [0.4, 0.5) is 5.82 Å². The van der Waals surface area contributed by atoms with Crippen molar-refractivity contribution in [1.29, 1.82) is 0 Å². The third-order valence-electron chi connectivity index (χ3n) is 5.37. The maximum atomic E-state index is 12.8. The summed E-state index contributed by atoms with van der Waals surface area (Å²) in [5.41, 5.74) is 0.818. The summed E-state index contributed by atoms with van der Waals surface area (Å²) in [6.45, 7) is 3.64. The fraction of sp³-hybridized carbons (Fsp3) is 0.500. The first-order valence-corrected chi connectivity index (χ1v) is 9.99. The molecule has 3 aromatic rings. The topological polar surface area (TPSA) is 100 Å². The third-order valence-corrected chi connectivity index (χ3v) is 6.06. The number of fused-ring (bicyclic) bond motifs is 1. The van der Waals surface area contributed by atoms with Crippen molar-refractivity contribution in [3.8, 4) is 6.01 Å². The Bertz CT molecular complexity index is 972. The maximum absolute atomic E-state index is 12.8. The lowest BCUT2D eigenvalue weighted by molar-refractivity contribution is -0.132. The molecule has 10 heteroatoms. The second kappa shape index (κ2) is 7.70. The van der Waals surface area contributed by atoms with Gasteiger partial charge in [-0.3, -0.25) is 4.79 Å². The van der Waals surface area contributed by atoms with Gasteiger partial charge in [-0.1, -0.05) is 6.92 Å². The SMILES string of the molecule is COc1nsc(CC(=O)N2CC[C@@H](C)[C@@H](N(C)c3ncnc4[nH]ccc34)C2)n1. The Morgan fingerprint density at radius 3 is 3.11 bits per heavy atom. The van der Waals surface area contributed by atoms with E-state index in [2.05, 4.69) is 36.1 Å². The largest absolute Gasteiger partial charge is 0.466 e. The highest BCUT2D eigenvalue weighted by Gasteiger charge is 2.33. The van der Waals surface area contributed by atoms with Crippen LogP contribution in [0.25, 0.3) is 11.0 Å². The molecule has 0 saturated carbocycles. The van der Waals surface area contributed by atoms with Gasteiger partial charge in [0.25, 0.3) is 0 Å². The first-order valence-electron chi connectivity index (χ1n) is 9.22. The number of rotatable bonds is 5. The molecule has 1 aliphatic heterocycles. The highest BCUT2D eigenvalue weighted by molar-refractivity contribution is 7.05. The maximum Gasteiger partial charge on any atom is 0.328 e. The van der Waals surface area contributed by atoms with Gasteiger partial charge in [0.15, 0.2) is 0 Å². The quantitative estimate of drug-likeness (QED) is 0.695. The van der Waals surface area contributed by atoms with Gasteiger partial charge in [0.2, 0.25) is 5.91 Å². The summed E-state index contributed by atoms with van der Waals surface area (Å²) in [4.78, 5) is 33.0. The number of nitrogens with one attached hydrogen (secondary N) is 1. The number of likely N-dealkylation sites (N-methyl/N-ethyl adjacent to an activating group) is 1. The summed E-state index contributed by atoms with van der Waals surface area (Å²) < 4.78 is 9.07. The van der Waals surface area contributed by atoms with E-state index in [9.17, 15) is 4.79 Å². The second-order valence-corrected chi connectivity index (χ2v) is 7.91. The molecular weight excluding hydrogens is 378 g/mol. The fourth-order valence-electron chi connectivity index (χ4n) is 3.71. The molecule has 0 bridgehead atoms. The minimum atomic E-state index is 0.0681. The number of hydrogen-bond donors (Lipinski definition) is 1. The molecule has 4 rings (SSSR count). The molecule has 0 spiro atoms. The van der Waals surface area contributed by atoms with Gasteiger partial charge in [-0.2, -0.15) is 4.98 Å². The predicted molar refractivity (Wildman–Crippen MR) is 107 cm³/mol. The van der Waals surface area contributed by atoms with E-state index in [1.807, 2.05) is 24.2 Å². The van der Waals surface area contributed by atoms with Crippen molar-refractivity contribution >= 4 is 34.3 Å². The van der Waals surface area contributed by atoms with Crippen molar-refractivity contribution in [3.05, 3.63) is 23.6 Å². The Hall–Kier alpha value is -2.75. The lowest BCUT2D eigenvalue weighted by Gasteiger charge is -2.42. The van der Waals surface area contributed by atoms with Crippen molar-refractivity contribution in [1.82, 2.24) is 29.2 Å². The molecule has 0 unspecified atom stereocenters. The van der Waals surface area contributed by atoms with Gasteiger partial charge >= 0.3 is 6.01 Å². The van der Waals surface area contributed by atoms with E-state index in [4.69, 9.17) is 4.74 Å². The number of nitrogens with zero attached hydrogens (tertiary/aromatic N) is 6. The third kappa shape index (κ3) is 3.51. The van der Waals surface area contributed by atoms with E-state index in [-0.39, 0.29) is 18.4 Å². The summed E-state index contributed by atoms with van der Waals surface area (Å²) in [6, 6.07) is 2.48. The zero-order valence-electron chi connectivity index (χ0n) is 16.1. The molecule has 0 aromatic carbocycles. The minimum Gasteiger partial charge on any atom is -0.466 e. The summed E-state index contributed by atoms with van der Waals surface area (Å²) in [6.07, 6.45) is 4.64. The number of methoxy groups -OCH3 is 1. The monoisotopic (exact) mass is 401 g/mol. The number of carbonyl (C=O) groups excluding carboxylic acids is 1. The van der Waals surface area contributed by atoms with Crippen molar-refractivity contribution in [2.45, 2.75) is 25.8 Å². The number of piperidine rings is 1. The molecular formula is C18H23N7O2S. The molecule has 1 fully saturated rings. The van der Waals surface area contributed by atoms with Gasteiger partial charge in [0.05, 0.1) is 25.0 Å². The number of carbonyl (C=O) groups is 1. The number of amides is 1. The first kappa shape index (κ1) is 18.6. The lowest BCUT2D eigenvalue weighted by Crippen LogP contribution is -2.53. The Balaban J connectivity index is 1.49. The van der Waals surface area contributed by atoms with Gasteiger partial charge < -0.3 is 19.5 Å². The highest BCUT2D eigenvalue weighted by atomic mass is 32.1. The smallest absolute Gasteiger partial charge is 0.328 e. The van der Waals surface area contributed by atoms with E-state index < -0.39 is 0 Å². The average Bonchev–Trinajstić information content (AvgIpc) is 3.36. The van der Waals surface area contributed by atoms with Crippen LogP contribution < -0.4 is 9.64 Å². The van der Waals surface area contributed by atoms with Crippen LogP contribution in [0.3, 0.4) is 0 Å². The van der Waals surface area contributed by atoms with Gasteiger partial charge in [0.1, 0.15) is 22.8 Å². The Labute approximate surface area is 166 Å². The Morgan fingerprint density at radius 1 is 1.46 bits per heavy atom. The fourth-order valence-corrected chi connectivity index (χ4v) is 4.32. The summed E-state index contributed by atoms with van der Waals surface area (Å²) in [5.74, 6) is 1.39. The van der Waals surface area contributed by atoms with Crippen LogP contribution in [0.15, 0.2) is 18.6 Å². The molecule has 0 aliphatic carbocycles. The number of aromatic nitrogens is 5. The normalized spacial score (nSPS) is 19.8. The molecule has 2 atom stereocenters. The molecule has 1 N–H and O–H groups in total. The van der Waals surface area contributed by atoms with E-state index in [0.29, 0.717) is 23.5 Å². The molecule has 4 heterocycles. The van der Waals surface area contributed by atoms with Gasteiger partial charge in [-0.05, 0) is 29.9 Å². The van der Waals surface area contributed by atoms with E-state index in [1.165, 1.54) is 18.6 Å². The van der Waals surface area contributed by atoms with Crippen molar-refractivity contribution in [2.75, 3.05) is 32.1 Å². The Morgan fingerprint density at radius 2 is 2.32 bits per heavy atom. The van der Waals surface area contributed by atoms with Crippen LogP contribution in [0.5, 0.6) is 6.01 Å². The zero-order chi connectivity index (χ0) is 19.7. The summed E-state index contributed by atoms with van der Waals surface area (Å²) >= 11 is 1.21. The number of aromatic amines is 1. The molecule has 0 radical (unpaired) electrons. The van der Waals surface area contributed by atoms with Crippen LogP contribution in [-0.4, -0.2) is 68.4 Å². The summed E-state index contributed by atoms with van der Waals surface area (Å²) in [7, 11) is 3.56. The number of likely N-dealkylation sites (tertiary alicyclic amines) is 1. The molecule has 148 valence electrons. The van der Waals surface area contributed by atoms with Crippen molar-refractivity contribution < 1.29 is 9.53 Å². The van der Waals surface area contributed by atoms with E-state index in [1.54, 1.807) is 6.33 Å². The second-order valence-electron chi connectivity index (χ2n) is 7.07. The molecule has 3 aromatic heterocycles. The van der Waals surface area contributed by atoms with Gasteiger partial charge in [0, 0.05) is 26.3 Å². The first-order chi connectivity index (χ1) is 13.6. The van der Waals surface area contributed by atoms with Gasteiger partial charge in [-0.15, -0.1) is 4.37 Å². The summed E-state index contributed by atoms with van der Waals surface area (Å²) in [5, 5.41) is 1.66. The van der Waals surface area contributed by atoms with Crippen LogP contribution in [0.1, 0.15) is 18.4 Å².